The summed E-state index contributed by atoms with van der Waals surface area (Å²) in [5.74, 6) is -0.928. The summed E-state index contributed by atoms with van der Waals surface area (Å²) in [5.41, 5.74) is 0.241. The van der Waals surface area contributed by atoms with Gasteiger partial charge in [-0.1, -0.05) is 66.3 Å². The third kappa shape index (κ3) is 82.7. The lowest BCUT2D eigenvalue weighted by Gasteiger charge is -1.86. The average molecular weight is 272 g/mol. The first kappa shape index (κ1) is 36.0. The van der Waals surface area contributed by atoms with Gasteiger partial charge in [0.15, 0.2) is 0 Å². The lowest BCUT2D eigenvalue weighted by atomic mass is 10.3. The molecule has 0 aliphatic carbocycles. The minimum Gasteiger partial charge on any atom is -0.478 e. The number of aliphatic carboxylic acids is 1. The first-order chi connectivity index (χ1) is 9.13. The van der Waals surface area contributed by atoms with Crippen LogP contribution in [0, 0.1) is 0 Å². The predicted octanol–water partition coefficient (Wildman–Crippen LogP) is 6.28. The highest BCUT2D eigenvalue weighted by Crippen LogP contribution is 1.92. The number of rotatable bonds is 2. The van der Waals surface area contributed by atoms with Gasteiger partial charge in [0.2, 0.25) is 0 Å². The van der Waals surface area contributed by atoms with Crippen molar-refractivity contribution in [2.24, 2.45) is 0 Å². The Kier molecular flexibility index (Phi) is 134. The number of carboxylic acid groups (broad SMARTS) is 1. The van der Waals surface area contributed by atoms with Gasteiger partial charge in [0.25, 0.3) is 0 Å². The second-order valence-corrected chi connectivity index (χ2v) is 1.66. The summed E-state index contributed by atoms with van der Waals surface area (Å²) in [6, 6.07) is 0. The van der Waals surface area contributed by atoms with E-state index < -0.39 is 5.97 Å². The molecule has 0 rings (SSSR count). The molecule has 0 aliphatic rings. The van der Waals surface area contributed by atoms with Crippen LogP contribution in [0.2, 0.25) is 0 Å². The SMILES string of the molecule is C=C.C=C/C(=C\C)C(=O)O.C=CC.CC.CC.CC. The third-order valence-corrected chi connectivity index (χ3v) is 0.778. The van der Waals surface area contributed by atoms with E-state index in [1.165, 1.54) is 12.2 Å². The largest absolute Gasteiger partial charge is 0.478 e. The van der Waals surface area contributed by atoms with Gasteiger partial charge >= 0.3 is 5.97 Å². The van der Waals surface area contributed by atoms with E-state index in [1.807, 2.05) is 48.5 Å². The Balaban J connectivity index is -0.0000000324. The lowest BCUT2D eigenvalue weighted by molar-refractivity contribution is -0.132. The molecule has 0 amide bonds. The number of hydrogen-bond acceptors (Lipinski definition) is 1. The summed E-state index contributed by atoms with van der Waals surface area (Å²) in [6.45, 7) is 28.2. The van der Waals surface area contributed by atoms with E-state index in [0.29, 0.717) is 0 Å². The highest BCUT2D eigenvalue weighted by Gasteiger charge is 1.96. The van der Waals surface area contributed by atoms with Crippen molar-refractivity contribution in [2.75, 3.05) is 0 Å². The first-order valence-electron chi connectivity index (χ1n) is 6.73. The van der Waals surface area contributed by atoms with Crippen molar-refractivity contribution in [3.8, 4) is 0 Å². The molecule has 116 valence electrons. The molecule has 0 heterocycles. The Labute approximate surface area is 122 Å². The van der Waals surface area contributed by atoms with Gasteiger partial charge in [-0.3, -0.25) is 0 Å². The summed E-state index contributed by atoms with van der Waals surface area (Å²) in [6.07, 6.45) is 4.55. The summed E-state index contributed by atoms with van der Waals surface area (Å²) >= 11 is 0. The van der Waals surface area contributed by atoms with Crippen molar-refractivity contribution in [3.63, 3.8) is 0 Å². The highest BCUT2D eigenvalue weighted by atomic mass is 16.4. The average Bonchev–Trinajstić information content (AvgIpc) is 2.49. The highest BCUT2D eigenvalue weighted by molar-refractivity contribution is 5.89. The van der Waals surface area contributed by atoms with Gasteiger partial charge < -0.3 is 5.11 Å². The van der Waals surface area contributed by atoms with Crippen LogP contribution in [0.1, 0.15) is 55.4 Å². The standard InChI is InChI=1S/C6H8O2.C3H6.3C2H6.C2H4/c1-3-5(4-2)6(7)8;1-3-2;4*1-2/h3-4H,1H2,2H3,(H,7,8);3H,1H2,2H3;3*1-2H3;1-2H2/b5-4+;;;;;. The smallest absolute Gasteiger partial charge is 0.335 e. The Morgan fingerprint density at radius 1 is 0.895 bits per heavy atom. The molecular formula is C17H36O2. The third-order valence-electron chi connectivity index (χ3n) is 0.778. The van der Waals surface area contributed by atoms with E-state index in [4.69, 9.17) is 5.11 Å². The molecule has 0 saturated carbocycles. The summed E-state index contributed by atoms with van der Waals surface area (Å²) in [4.78, 5) is 10.0. The molecule has 0 radical (unpaired) electrons. The molecular weight excluding hydrogens is 236 g/mol. The van der Waals surface area contributed by atoms with E-state index in [1.54, 1.807) is 13.0 Å². The maximum absolute atomic E-state index is 10.0. The van der Waals surface area contributed by atoms with E-state index >= 15 is 0 Å². The van der Waals surface area contributed by atoms with Crippen LogP contribution in [0.3, 0.4) is 0 Å². The van der Waals surface area contributed by atoms with Crippen molar-refractivity contribution in [2.45, 2.75) is 55.4 Å². The Bertz CT molecular complexity index is 180. The second kappa shape index (κ2) is 70.9. The molecule has 0 aliphatic heterocycles. The molecule has 0 fully saturated rings. The van der Waals surface area contributed by atoms with E-state index in [0.717, 1.165) is 0 Å². The first-order valence-corrected chi connectivity index (χ1v) is 6.73. The van der Waals surface area contributed by atoms with Crippen molar-refractivity contribution in [3.05, 3.63) is 50.1 Å². The van der Waals surface area contributed by atoms with Crippen molar-refractivity contribution in [1.29, 1.82) is 0 Å². The topological polar surface area (TPSA) is 37.3 Å². The molecule has 2 heteroatoms. The zero-order valence-corrected chi connectivity index (χ0v) is 14.4. The maximum Gasteiger partial charge on any atom is 0.335 e. The molecule has 19 heavy (non-hydrogen) atoms. The van der Waals surface area contributed by atoms with Gasteiger partial charge in [-0.2, -0.15) is 0 Å². The quantitative estimate of drug-likeness (QED) is 0.365. The van der Waals surface area contributed by atoms with E-state index in [9.17, 15) is 4.79 Å². The van der Waals surface area contributed by atoms with Gasteiger partial charge in [0.1, 0.15) is 0 Å². The number of carboxylic acids is 1. The number of allylic oxidation sites excluding steroid dienone is 2. The minimum absolute atomic E-state index is 0.241. The molecule has 0 bridgehead atoms. The van der Waals surface area contributed by atoms with Gasteiger partial charge in [0, 0.05) is 0 Å². The summed E-state index contributed by atoms with van der Waals surface area (Å²) in [5, 5.41) is 8.23. The fraction of sp³-hybridized carbons (Fsp3) is 0.471. The van der Waals surface area contributed by atoms with Crippen molar-refractivity contribution < 1.29 is 9.90 Å². The molecule has 0 spiro atoms. The lowest BCUT2D eigenvalue weighted by Crippen LogP contribution is -1.95. The van der Waals surface area contributed by atoms with Crippen LogP contribution in [0.4, 0.5) is 0 Å². The van der Waals surface area contributed by atoms with Gasteiger partial charge in [-0.15, -0.1) is 19.7 Å². The van der Waals surface area contributed by atoms with Crippen molar-refractivity contribution >= 4 is 5.97 Å². The molecule has 0 unspecified atom stereocenters. The second-order valence-electron chi connectivity index (χ2n) is 1.66. The van der Waals surface area contributed by atoms with Crippen LogP contribution in [0.25, 0.3) is 0 Å². The van der Waals surface area contributed by atoms with E-state index in [-0.39, 0.29) is 5.57 Å². The minimum atomic E-state index is -0.928. The predicted molar refractivity (Wildman–Crippen MR) is 92.8 cm³/mol. The van der Waals surface area contributed by atoms with Crippen LogP contribution < -0.4 is 0 Å². The fourth-order valence-electron chi connectivity index (χ4n) is 0.329. The van der Waals surface area contributed by atoms with E-state index in [2.05, 4.69) is 26.3 Å². The molecule has 0 saturated heterocycles. The summed E-state index contributed by atoms with van der Waals surface area (Å²) < 4.78 is 0. The molecule has 2 nitrogen and oxygen atoms in total. The normalized spacial score (nSPS) is 6.42. The Morgan fingerprint density at radius 2 is 1.11 bits per heavy atom. The zero-order chi connectivity index (χ0) is 17.3. The van der Waals surface area contributed by atoms with Gasteiger partial charge in [-0.05, 0) is 13.8 Å². The maximum atomic E-state index is 10.0. The van der Waals surface area contributed by atoms with Crippen LogP contribution in [-0.2, 0) is 4.79 Å². The van der Waals surface area contributed by atoms with Gasteiger partial charge in [-0.25, -0.2) is 4.79 Å². The molecule has 0 aromatic carbocycles. The van der Waals surface area contributed by atoms with Crippen LogP contribution in [-0.4, -0.2) is 11.1 Å². The van der Waals surface area contributed by atoms with Crippen LogP contribution >= 0.6 is 0 Å². The molecule has 0 atom stereocenters. The van der Waals surface area contributed by atoms with Gasteiger partial charge in [0.05, 0.1) is 5.57 Å². The number of carbonyl (C=O) groups is 1. The molecule has 1 N–H and O–H groups in total. The van der Waals surface area contributed by atoms with Crippen LogP contribution in [0.5, 0.6) is 0 Å². The molecule has 0 aromatic rings. The fourth-order valence-corrected chi connectivity index (χ4v) is 0.329. The Morgan fingerprint density at radius 3 is 1.11 bits per heavy atom. The monoisotopic (exact) mass is 272 g/mol. The van der Waals surface area contributed by atoms with Crippen molar-refractivity contribution in [1.82, 2.24) is 0 Å². The number of hydrogen-bond donors (Lipinski definition) is 1. The summed E-state index contributed by atoms with van der Waals surface area (Å²) in [7, 11) is 0. The molecule has 0 aromatic heterocycles. The zero-order valence-electron chi connectivity index (χ0n) is 14.4. The van der Waals surface area contributed by atoms with Crippen LogP contribution in [0.15, 0.2) is 50.1 Å². The Hall–Kier alpha value is -1.57.